The van der Waals surface area contributed by atoms with Crippen LogP contribution in [0.1, 0.15) is 38.7 Å². The summed E-state index contributed by atoms with van der Waals surface area (Å²) in [6, 6.07) is 2.17. The van der Waals surface area contributed by atoms with Crippen LogP contribution in [0.5, 0.6) is 5.88 Å². The number of guanidine groups is 1. The largest absolute Gasteiger partial charge is 0.475 e. The molecule has 0 aliphatic carbocycles. The molecule has 0 spiro atoms. The zero-order chi connectivity index (χ0) is 20.1. The number of hydrogen-bond acceptors (Lipinski definition) is 4. The smallest absolute Gasteiger partial charge is 0.421 e. The molecule has 0 fully saturated rings. The average Bonchev–Trinajstić information content (AvgIpc) is 2.62. The van der Waals surface area contributed by atoms with Crippen LogP contribution in [0.4, 0.5) is 13.2 Å². The first-order chi connectivity index (χ1) is 12.9. The highest BCUT2D eigenvalue weighted by Crippen LogP contribution is 2.34. The lowest BCUT2D eigenvalue weighted by molar-refractivity contribution is -0.139. The minimum atomic E-state index is -4.51. The third-order valence-electron chi connectivity index (χ3n) is 3.80. The Morgan fingerprint density at radius 2 is 2.07 bits per heavy atom. The quantitative estimate of drug-likeness (QED) is 0.308. The Morgan fingerprint density at radius 1 is 1.30 bits per heavy atom. The summed E-state index contributed by atoms with van der Waals surface area (Å²) in [5.41, 5.74) is -0.892. The van der Waals surface area contributed by atoms with E-state index in [0.717, 1.165) is 18.9 Å². The van der Waals surface area contributed by atoms with Crippen molar-refractivity contribution in [3.8, 4) is 5.88 Å². The molecule has 1 aromatic heterocycles. The molecule has 0 aromatic carbocycles. The third kappa shape index (κ3) is 8.94. The highest BCUT2D eigenvalue weighted by atomic mass is 19.4. The Morgan fingerprint density at radius 3 is 2.70 bits per heavy atom. The van der Waals surface area contributed by atoms with Gasteiger partial charge in [0.2, 0.25) is 5.88 Å². The van der Waals surface area contributed by atoms with E-state index in [4.69, 9.17) is 9.84 Å². The lowest BCUT2D eigenvalue weighted by atomic mass is 10.0. The molecule has 9 heteroatoms. The van der Waals surface area contributed by atoms with E-state index >= 15 is 0 Å². The van der Waals surface area contributed by atoms with E-state index in [1.54, 1.807) is 0 Å². The van der Waals surface area contributed by atoms with Crippen LogP contribution in [-0.4, -0.2) is 48.9 Å². The monoisotopic (exact) mass is 390 g/mol. The van der Waals surface area contributed by atoms with Gasteiger partial charge in [-0.15, -0.1) is 0 Å². The average molecular weight is 390 g/mol. The summed E-state index contributed by atoms with van der Waals surface area (Å²) in [6.07, 6.45) is -0.553. The van der Waals surface area contributed by atoms with Gasteiger partial charge in [-0.2, -0.15) is 13.2 Å². The lowest BCUT2D eigenvalue weighted by Crippen LogP contribution is -2.39. The number of nitrogens with one attached hydrogen (secondary N) is 2. The minimum Gasteiger partial charge on any atom is -0.475 e. The molecule has 0 radical (unpaired) electrons. The van der Waals surface area contributed by atoms with E-state index < -0.39 is 17.6 Å². The number of aliphatic imine (C=N–C) groups is 1. The number of nitrogens with zero attached hydrogens (tertiary/aromatic N) is 2. The predicted molar refractivity (Wildman–Crippen MR) is 98.8 cm³/mol. The number of rotatable bonds is 11. The number of halogens is 3. The first-order valence-electron chi connectivity index (χ1n) is 9.20. The van der Waals surface area contributed by atoms with Crippen LogP contribution in [0.15, 0.2) is 23.3 Å². The fourth-order valence-electron chi connectivity index (χ4n) is 2.52. The molecule has 0 amide bonds. The van der Waals surface area contributed by atoms with Crippen LogP contribution in [-0.2, 0) is 6.18 Å². The van der Waals surface area contributed by atoms with Crippen LogP contribution >= 0.6 is 0 Å². The van der Waals surface area contributed by atoms with Crippen molar-refractivity contribution in [1.82, 2.24) is 15.6 Å². The molecule has 1 heterocycles. The fourth-order valence-corrected chi connectivity index (χ4v) is 2.52. The van der Waals surface area contributed by atoms with Gasteiger partial charge in [0.1, 0.15) is 12.2 Å². The van der Waals surface area contributed by atoms with E-state index in [9.17, 15) is 13.2 Å². The zero-order valence-electron chi connectivity index (χ0n) is 15.9. The van der Waals surface area contributed by atoms with Gasteiger partial charge in [-0.05, 0) is 37.8 Å². The van der Waals surface area contributed by atoms with Gasteiger partial charge < -0.3 is 20.5 Å². The molecular formula is C18H29F3N4O2. The molecule has 0 bridgehead atoms. The molecule has 1 aromatic rings. The topological polar surface area (TPSA) is 78.8 Å². The SMILES string of the molecule is CCCC(CCO)CN=C(NCC)NCCOc1ncccc1C(F)(F)F. The predicted octanol–water partition coefficient (Wildman–Crippen LogP) is 2.83. The van der Waals surface area contributed by atoms with Gasteiger partial charge in [0.05, 0.1) is 6.54 Å². The van der Waals surface area contributed by atoms with Crippen LogP contribution in [0.25, 0.3) is 0 Å². The van der Waals surface area contributed by atoms with Gasteiger partial charge >= 0.3 is 6.18 Å². The van der Waals surface area contributed by atoms with Crippen molar-refractivity contribution < 1.29 is 23.0 Å². The van der Waals surface area contributed by atoms with Gasteiger partial charge in [0.15, 0.2) is 5.96 Å². The Bertz CT molecular complexity index is 562. The number of aliphatic hydroxyl groups is 1. The lowest BCUT2D eigenvalue weighted by Gasteiger charge is -2.16. The van der Waals surface area contributed by atoms with Crippen LogP contribution in [0, 0.1) is 5.92 Å². The van der Waals surface area contributed by atoms with Crippen LogP contribution < -0.4 is 15.4 Å². The van der Waals surface area contributed by atoms with Crippen LogP contribution in [0.2, 0.25) is 0 Å². The maximum atomic E-state index is 12.9. The Hall–Kier alpha value is -2.03. The second-order valence-electron chi connectivity index (χ2n) is 6.02. The summed E-state index contributed by atoms with van der Waals surface area (Å²) in [5.74, 6) is 0.437. The number of aromatic nitrogens is 1. The Balaban J connectivity index is 2.55. The second kappa shape index (κ2) is 12.4. The molecule has 1 unspecified atom stereocenters. The molecule has 0 saturated heterocycles. The molecule has 1 rings (SSSR count). The molecule has 0 aliphatic heterocycles. The first kappa shape index (κ1) is 23.0. The minimum absolute atomic E-state index is 0.0134. The van der Waals surface area contributed by atoms with E-state index in [0.29, 0.717) is 31.4 Å². The van der Waals surface area contributed by atoms with Gasteiger partial charge in [-0.25, -0.2) is 4.98 Å². The molecular weight excluding hydrogens is 361 g/mol. The summed E-state index contributed by atoms with van der Waals surface area (Å²) >= 11 is 0. The molecule has 6 nitrogen and oxygen atoms in total. The van der Waals surface area contributed by atoms with Crippen molar-refractivity contribution in [2.24, 2.45) is 10.9 Å². The number of pyridine rings is 1. The third-order valence-corrected chi connectivity index (χ3v) is 3.80. The molecule has 1 atom stereocenters. The van der Waals surface area contributed by atoms with Gasteiger partial charge in [-0.3, -0.25) is 4.99 Å². The van der Waals surface area contributed by atoms with Crippen molar-refractivity contribution >= 4 is 5.96 Å². The van der Waals surface area contributed by atoms with Crippen molar-refractivity contribution in [3.63, 3.8) is 0 Å². The van der Waals surface area contributed by atoms with E-state index in [1.165, 1.54) is 12.3 Å². The standard InChI is InChI=1S/C18H29F3N4O2/c1-3-6-14(8-11-26)13-25-17(22-4-2)24-10-12-27-16-15(18(19,20)21)7-5-9-23-16/h5,7,9,14,26H,3-4,6,8,10-13H2,1-2H3,(H2,22,24,25). The number of hydrogen-bond donors (Lipinski definition) is 3. The number of alkyl halides is 3. The summed E-state index contributed by atoms with van der Waals surface area (Å²) < 4.78 is 43.9. The van der Waals surface area contributed by atoms with Gasteiger partial charge in [0.25, 0.3) is 0 Å². The number of ether oxygens (including phenoxy) is 1. The zero-order valence-corrected chi connectivity index (χ0v) is 15.9. The highest BCUT2D eigenvalue weighted by molar-refractivity contribution is 5.79. The van der Waals surface area contributed by atoms with Crippen LogP contribution in [0.3, 0.4) is 0 Å². The Labute approximate surface area is 158 Å². The molecule has 154 valence electrons. The first-order valence-corrected chi connectivity index (χ1v) is 9.20. The maximum Gasteiger partial charge on any atom is 0.421 e. The van der Waals surface area contributed by atoms with Crippen molar-refractivity contribution in [3.05, 3.63) is 23.9 Å². The van der Waals surface area contributed by atoms with E-state index in [2.05, 4.69) is 27.5 Å². The number of aliphatic hydroxyl groups excluding tert-OH is 1. The molecule has 3 N–H and O–H groups in total. The molecule has 0 saturated carbocycles. The summed E-state index contributed by atoms with van der Waals surface area (Å²) in [4.78, 5) is 8.14. The Kier molecular flexibility index (Phi) is 10.5. The molecule has 27 heavy (non-hydrogen) atoms. The van der Waals surface area contributed by atoms with Crippen molar-refractivity contribution in [2.75, 3.05) is 32.8 Å². The highest BCUT2D eigenvalue weighted by Gasteiger charge is 2.34. The fraction of sp³-hybridized carbons (Fsp3) is 0.667. The summed E-state index contributed by atoms with van der Waals surface area (Å²) in [7, 11) is 0. The normalized spacial score (nSPS) is 13.3. The van der Waals surface area contributed by atoms with Gasteiger partial charge in [0, 0.05) is 25.9 Å². The second-order valence-corrected chi connectivity index (χ2v) is 6.02. The summed E-state index contributed by atoms with van der Waals surface area (Å²) in [6.45, 7) is 5.66. The van der Waals surface area contributed by atoms with Gasteiger partial charge in [-0.1, -0.05) is 13.3 Å². The maximum absolute atomic E-state index is 12.9. The van der Waals surface area contributed by atoms with E-state index in [-0.39, 0.29) is 19.8 Å². The van der Waals surface area contributed by atoms with Crippen molar-refractivity contribution in [2.45, 2.75) is 39.3 Å². The molecule has 0 aliphatic rings. The summed E-state index contributed by atoms with van der Waals surface area (Å²) in [5, 5.41) is 15.2. The van der Waals surface area contributed by atoms with E-state index in [1.807, 2.05) is 6.92 Å². The van der Waals surface area contributed by atoms with Crippen molar-refractivity contribution in [1.29, 1.82) is 0 Å².